The van der Waals surface area contributed by atoms with Gasteiger partial charge in [0.1, 0.15) is 5.82 Å². The van der Waals surface area contributed by atoms with Crippen LogP contribution in [0.15, 0.2) is 54.6 Å². The minimum atomic E-state index is -1.19. The Balaban J connectivity index is 1.77. The summed E-state index contributed by atoms with van der Waals surface area (Å²) in [6, 6.07) is 15.1. The highest BCUT2D eigenvalue weighted by molar-refractivity contribution is 7.84. The molecule has 0 spiro atoms. The molecule has 0 saturated carbocycles. The van der Waals surface area contributed by atoms with Crippen LogP contribution in [-0.4, -0.2) is 15.9 Å². The lowest BCUT2D eigenvalue weighted by Gasteiger charge is -2.05. The first-order valence-electron chi connectivity index (χ1n) is 6.58. The molecule has 0 unspecified atom stereocenters. The highest BCUT2D eigenvalue weighted by Gasteiger charge is 2.07. The summed E-state index contributed by atoms with van der Waals surface area (Å²) in [5, 5.41) is 2.74. The fourth-order valence-electron chi connectivity index (χ4n) is 1.84. The van der Waals surface area contributed by atoms with Crippen LogP contribution in [0.3, 0.4) is 0 Å². The third-order valence-electron chi connectivity index (χ3n) is 2.83. The maximum atomic E-state index is 13.0. The molecule has 2 rings (SSSR count). The molecular weight excluding hydrogens is 289 g/mol. The molecule has 110 valence electrons. The first-order valence-corrected chi connectivity index (χ1v) is 8.06. The summed E-state index contributed by atoms with van der Waals surface area (Å²) in [5.41, 5.74) is 1.40. The van der Waals surface area contributed by atoms with Gasteiger partial charge in [-0.3, -0.25) is 9.00 Å². The van der Waals surface area contributed by atoms with E-state index in [1.54, 1.807) is 24.3 Å². The van der Waals surface area contributed by atoms with Crippen molar-refractivity contribution in [3.63, 3.8) is 0 Å². The lowest BCUT2D eigenvalue weighted by Crippen LogP contribution is -2.15. The number of hydrogen-bond acceptors (Lipinski definition) is 2. The molecule has 2 aromatic carbocycles. The van der Waals surface area contributed by atoms with E-state index < -0.39 is 10.8 Å². The second kappa shape index (κ2) is 7.69. The lowest BCUT2D eigenvalue weighted by atomic mass is 10.2. The molecule has 0 saturated heterocycles. The topological polar surface area (TPSA) is 46.2 Å². The van der Waals surface area contributed by atoms with Crippen molar-refractivity contribution in [3.8, 4) is 0 Å². The number of carbonyl (C=O) groups excluding carboxylic acids is 1. The average Bonchev–Trinajstić information content (AvgIpc) is 2.46. The van der Waals surface area contributed by atoms with Crippen molar-refractivity contribution in [2.24, 2.45) is 0 Å². The number of nitrogens with one attached hydrogen (secondary N) is 1. The molecule has 0 fully saturated rings. The number of anilines is 1. The number of rotatable bonds is 6. The smallest absolute Gasteiger partial charge is 0.225 e. The van der Waals surface area contributed by atoms with Crippen LogP contribution in [0.4, 0.5) is 10.1 Å². The van der Waals surface area contributed by atoms with Crippen LogP contribution in [0.2, 0.25) is 0 Å². The van der Waals surface area contributed by atoms with Gasteiger partial charge in [-0.25, -0.2) is 4.39 Å². The molecular formula is C16H16FNO2S. The summed E-state index contributed by atoms with van der Waals surface area (Å²) >= 11 is 0. The Morgan fingerprint density at radius 1 is 1.10 bits per heavy atom. The SMILES string of the molecule is O=C(CC[S@](=O)Cc1cccc(F)c1)Nc1ccccc1. The average molecular weight is 305 g/mol. The Morgan fingerprint density at radius 2 is 1.86 bits per heavy atom. The van der Waals surface area contributed by atoms with Gasteiger partial charge < -0.3 is 5.32 Å². The van der Waals surface area contributed by atoms with Crippen LogP contribution in [0.1, 0.15) is 12.0 Å². The van der Waals surface area contributed by atoms with Crippen LogP contribution < -0.4 is 5.32 Å². The molecule has 21 heavy (non-hydrogen) atoms. The maximum Gasteiger partial charge on any atom is 0.225 e. The van der Waals surface area contributed by atoms with E-state index in [4.69, 9.17) is 0 Å². The zero-order valence-corrected chi connectivity index (χ0v) is 12.2. The Bertz CT molecular complexity index is 631. The molecule has 1 amide bonds. The van der Waals surface area contributed by atoms with Gasteiger partial charge in [0.05, 0.1) is 0 Å². The molecule has 0 aliphatic carbocycles. The minimum Gasteiger partial charge on any atom is -0.326 e. The quantitative estimate of drug-likeness (QED) is 0.891. The van der Waals surface area contributed by atoms with Gasteiger partial charge in [-0.05, 0) is 29.8 Å². The lowest BCUT2D eigenvalue weighted by molar-refractivity contribution is -0.115. The summed E-state index contributed by atoms with van der Waals surface area (Å²) in [6.07, 6.45) is 0.177. The van der Waals surface area contributed by atoms with Crippen LogP contribution in [-0.2, 0) is 21.3 Å². The molecule has 0 aromatic heterocycles. The Hall–Kier alpha value is -2.01. The van der Waals surface area contributed by atoms with E-state index in [-0.39, 0.29) is 29.7 Å². The third-order valence-corrected chi connectivity index (χ3v) is 4.15. The van der Waals surface area contributed by atoms with Gasteiger partial charge in [0, 0.05) is 34.4 Å². The van der Waals surface area contributed by atoms with Gasteiger partial charge in [0.15, 0.2) is 0 Å². The van der Waals surface area contributed by atoms with E-state index in [1.165, 1.54) is 12.1 Å². The van der Waals surface area contributed by atoms with Gasteiger partial charge in [-0.2, -0.15) is 0 Å². The normalized spacial score (nSPS) is 11.9. The van der Waals surface area contributed by atoms with E-state index >= 15 is 0 Å². The summed E-state index contributed by atoms with van der Waals surface area (Å²) in [6.45, 7) is 0. The van der Waals surface area contributed by atoms with Crippen molar-refractivity contribution in [3.05, 3.63) is 66.0 Å². The predicted octanol–water partition coefficient (Wildman–Crippen LogP) is 3.10. The van der Waals surface area contributed by atoms with Gasteiger partial charge in [0.2, 0.25) is 5.91 Å². The van der Waals surface area contributed by atoms with Crippen molar-refractivity contribution < 1.29 is 13.4 Å². The summed E-state index contributed by atoms with van der Waals surface area (Å²) in [7, 11) is -1.19. The van der Waals surface area contributed by atoms with Crippen LogP contribution in [0.25, 0.3) is 0 Å². The minimum absolute atomic E-state index is 0.172. The summed E-state index contributed by atoms with van der Waals surface area (Å²) in [4.78, 5) is 11.7. The van der Waals surface area contributed by atoms with E-state index in [1.807, 2.05) is 18.2 Å². The Kier molecular flexibility index (Phi) is 5.63. The molecule has 3 nitrogen and oxygen atoms in total. The molecule has 0 aliphatic rings. The van der Waals surface area contributed by atoms with E-state index in [9.17, 15) is 13.4 Å². The summed E-state index contributed by atoms with van der Waals surface area (Å²) < 4.78 is 24.9. The maximum absolute atomic E-state index is 13.0. The summed E-state index contributed by atoms with van der Waals surface area (Å²) in [5.74, 6) is 0.00562. The zero-order chi connectivity index (χ0) is 15.1. The molecule has 1 N–H and O–H groups in total. The van der Waals surface area contributed by atoms with Crippen molar-refractivity contribution in [1.82, 2.24) is 0 Å². The molecule has 1 atom stereocenters. The predicted molar refractivity (Wildman–Crippen MR) is 82.8 cm³/mol. The standard InChI is InChI=1S/C16H16FNO2S/c17-14-6-4-5-13(11-14)12-21(20)10-9-16(19)18-15-7-2-1-3-8-15/h1-8,11H,9-10,12H2,(H,18,19)/t21-/m0/s1. The van der Waals surface area contributed by atoms with Crippen LogP contribution in [0.5, 0.6) is 0 Å². The van der Waals surface area contributed by atoms with Crippen LogP contribution >= 0.6 is 0 Å². The number of para-hydroxylation sites is 1. The van der Waals surface area contributed by atoms with Crippen molar-refractivity contribution in [2.75, 3.05) is 11.1 Å². The largest absolute Gasteiger partial charge is 0.326 e. The molecule has 5 heteroatoms. The van der Waals surface area contributed by atoms with Crippen molar-refractivity contribution in [1.29, 1.82) is 0 Å². The molecule has 0 heterocycles. The molecule has 0 bridgehead atoms. The molecule has 0 radical (unpaired) electrons. The Morgan fingerprint density at radius 3 is 2.57 bits per heavy atom. The first kappa shape index (κ1) is 15.4. The van der Waals surface area contributed by atoms with Crippen LogP contribution in [0, 0.1) is 5.82 Å². The van der Waals surface area contributed by atoms with Gasteiger partial charge in [-0.1, -0.05) is 30.3 Å². The van der Waals surface area contributed by atoms with Gasteiger partial charge >= 0.3 is 0 Å². The fraction of sp³-hybridized carbons (Fsp3) is 0.188. The van der Waals surface area contributed by atoms with E-state index in [0.29, 0.717) is 5.56 Å². The fourth-order valence-corrected chi connectivity index (χ4v) is 2.95. The van der Waals surface area contributed by atoms with E-state index in [2.05, 4.69) is 5.32 Å². The molecule has 2 aromatic rings. The third kappa shape index (κ3) is 5.47. The van der Waals surface area contributed by atoms with Gasteiger partial charge in [-0.15, -0.1) is 0 Å². The number of amides is 1. The number of hydrogen-bond donors (Lipinski definition) is 1. The van der Waals surface area contributed by atoms with Crippen molar-refractivity contribution >= 4 is 22.4 Å². The highest BCUT2D eigenvalue weighted by Crippen LogP contribution is 2.08. The van der Waals surface area contributed by atoms with Crippen molar-refractivity contribution in [2.45, 2.75) is 12.2 Å². The zero-order valence-electron chi connectivity index (χ0n) is 11.4. The highest BCUT2D eigenvalue weighted by atomic mass is 32.2. The van der Waals surface area contributed by atoms with E-state index in [0.717, 1.165) is 5.69 Å². The van der Waals surface area contributed by atoms with Gasteiger partial charge in [0.25, 0.3) is 0 Å². The second-order valence-electron chi connectivity index (χ2n) is 4.58. The number of halogens is 1. The second-order valence-corrected chi connectivity index (χ2v) is 6.16. The molecule has 0 aliphatic heterocycles. The number of benzene rings is 2. The monoisotopic (exact) mass is 305 g/mol. The first-order chi connectivity index (χ1) is 10.1. The number of carbonyl (C=O) groups is 1. The Labute approximate surface area is 125 Å².